The summed E-state index contributed by atoms with van der Waals surface area (Å²) in [7, 11) is 0. The fourth-order valence-corrected chi connectivity index (χ4v) is 3.27. The number of rotatable bonds is 5. The molecule has 2 N–H and O–H groups in total. The number of carboxylic acid groups (broad SMARTS) is 1. The van der Waals surface area contributed by atoms with Crippen LogP contribution in [-0.4, -0.2) is 32.8 Å². The van der Waals surface area contributed by atoms with Crippen molar-refractivity contribution in [1.29, 1.82) is 0 Å². The zero-order valence-corrected chi connectivity index (χ0v) is 14.9. The molecule has 0 bridgehead atoms. The van der Waals surface area contributed by atoms with Gasteiger partial charge in [0.1, 0.15) is 0 Å². The number of aliphatic carboxylic acids is 1. The second-order valence-electron chi connectivity index (χ2n) is 6.49. The van der Waals surface area contributed by atoms with Gasteiger partial charge in [0.15, 0.2) is 0 Å². The molecule has 1 aliphatic rings. The van der Waals surface area contributed by atoms with Crippen LogP contribution in [0.1, 0.15) is 29.8 Å². The number of carbonyl (C=O) groups excluding carboxylic acids is 1. The van der Waals surface area contributed by atoms with Gasteiger partial charge in [0.05, 0.1) is 23.7 Å². The molecule has 132 valence electrons. The van der Waals surface area contributed by atoms with Gasteiger partial charge in [-0.15, -0.1) is 0 Å². The van der Waals surface area contributed by atoms with Crippen LogP contribution in [0.2, 0.25) is 5.02 Å². The summed E-state index contributed by atoms with van der Waals surface area (Å²) in [5.41, 5.74) is 3.49. The van der Waals surface area contributed by atoms with Gasteiger partial charge in [-0.05, 0) is 51.0 Å². The minimum atomic E-state index is -0.790. The van der Waals surface area contributed by atoms with Crippen LogP contribution in [0.5, 0.6) is 0 Å². The van der Waals surface area contributed by atoms with Crippen LogP contribution in [0, 0.1) is 19.8 Å². The Morgan fingerprint density at radius 3 is 2.52 bits per heavy atom. The lowest BCUT2D eigenvalue weighted by Crippen LogP contribution is -2.47. The molecule has 0 atom stereocenters. The first-order valence-corrected chi connectivity index (χ1v) is 8.56. The number of aromatic nitrogens is 2. The van der Waals surface area contributed by atoms with E-state index in [0.29, 0.717) is 17.9 Å². The predicted molar refractivity (Wildman–Crippen MR) is 94.0 cm³/mol. The van der Waals surface area contributed by atoms with E-state index in [-0.39, 0.29) is 24.3 Å². The molecular weight excluding hydrogens is 342 g/mol. The molecule has 1 amide bonds. The second-order valence-corrected chi connectivity index (χ2v) is 6.92. The van der Waals surface area contributed by atoms with Gasteiger partial charge < -0.3 is 10.4 Å². The summed E-state index contributed by atoms with van der Waals surface area (Å²) >= 11 is 5.92. The zero-order valence-electron chi connectivity index (χ0n) is 14.1. The quantitative estimate of drug-likeness (QED) is 0.857. The van der Waals surface area contributed by atoms with Crippen LogP contribution in [-0.2, 0) is 16.0 Å². The molecule has 1 aliphatic carbocycles. The number of carboxylic acids is 1. The molecule has 7 heteroatoms. The molecule has 6 nitrogen and oxygen atoms in total. The van der Waals surface area contributed by atoms with E-state index in [1.807, 2.05) is 26.0 Å². The molecule has 1 aromatic carbocycles. The lowest BCUT2D eigenvalue weighted by atomic mass is 9.80. The van der Waals surface area contributed by atoms with Gasteiger partial charge in [0.2, 0.25) is 5.91 Å². The number of aryl methyl sites for hydroxylation is 1. The highest BCUT2D eigenvalue weighted by atomic mass is 35.5. The highest BCUT2D eigenvalue weighted by Crippen LogP contribution is 2.27. The largest absolute Gasteiger partial charge is 0.481 e. The highest BCUT2D eigenvalue weighted by Gasteiger charge is 2.35. The summed E-state index contributed by atoms with van der Waals surface area (Å²) in [5.74, 6) is -1.22. The molecule has 0 radical (unpaired) electrons. The molecule has 0 spiro atoms. The van der Waals surface area contributed by atoms with Gasteiger partial charge in [-0.3, -0.25) is 9.59 Å². The molecule has 2 aromatic rings. The van der Waals surface area contributed by atoms with Gasteiger partial charge in [-0.1, -0.05) is 11.6 Å². The van der Waals surface area contributed by atoms with Crippen LogP contribution < -0.4 is 5.32 Å². The van der Waals surface area contributed by atoms with Crippen molar-refractivity contribution in [2.75, 3.05) is 0 Å². The average Bonchev–Trinajstić information content (AvgIpc) is 2.79. The molecule has 0 unspecified atom stereocenters. The van der Waals surface area contributed by atoms with Crippen molar-refractivity contribution in [3.8, 4) is 5.69 Å². The number of hydrogen-bond acceptors (Lipinski definition) is 3. The van der Waals surface area contributed by atoms with E-state index in [0.717, 1.165) is 22.6 Å². The van der Waals surface area contributed by atoms with Crippen molar-refractivity contribution in [3.05, 3.63) is 46.2 Å². The van der Waals surface area contributed by atoms with Crippen molar-refractivity contribution >= 4 is 23.5 Å². The molecule has 1 heterocycles. The Morgan fingerprint density at radius 1 is 1.28 bits per heavy atom. The topological polar surface area (TPSA) is 84.2 Å². The van der Waals surface area contributed by atoms with Crippen LogP contribution >= 0.6 is 11.6 Å². The van der Waals surface area contributed by atoms with Crippen molar-refractivity contribution in [2.45, 2.75) is 39.2 Å². The lowest BCUT2D eigenvalue weighted by molar-refractivity contribution is -0.146. The third-order valence-corrected chi connectivity index (χ3v) is 4.95. The van der Waals surface area contributed by atoms with Crippen LogP contribution in [0.3, 0.4) is 0 Å². The van der Waals surface area contributed by atoms with E-state index in [4.69, 9.17) is 16.7 Å². The third-order valence-electron chi connectivity index (χ3n) is 4.70. The maximum absolute atomic E-state index is 12.3. The van der Waals surface area contributed by atoms with Crippen molar-refractivity contribution in [2.24, 2.45) is 5.92 Å². The maximum atomic E-state index is 12.3. The Bertz CT molecular complexity index is 808. The molecule has 0 saturated heterocycles. The first-order valence-electron chi connectivity index (χ1n) is 8.18. The molecule has 25 heavy (non-hydrogen) atoms. The fourth-order valence-electron chi connectivity index (χ4n) is 3.14. The summed E-state index contributed by atoms with van der Waals surface area (Å²) in [4.78, 5) is 23.1. The zero-order chi connectivity index (χ0) is 18.1. The van der Waals surface area contributed by atoms with E-state index < -0.39 is 5.97 Å². The Balaban J connectivity index is 1.68. The molecule has 1 fully saturated rings. The SMILES string of the molecule is Cc1nn(-c2ccc(Cl)cc2)c(C)c1CC(=O)NC1CC(C(=O)O)C1. The number of carbonyl (C=O) groups is 2. The first kappa shape index (κ1) is 17.5. The van der Waals surface area contributed by atoms with Gasteiger partial charge in [-0.2, -0.15) is 5.10 Å². The molecule has 0 aliphatic heterocycles. The summed E-state index contributed by atoms with van der Waals surface area (Å²) in [5, 5.41) is 17.0. The number of halogens is 1. The lowest BCUT2D eigenvalue weighted by Gasteiger charge is -2.32. The van der Waals surface area contributed by atoms with E-state index >= 15 is 0 Å². The third kappa shape index (κ3) is 3.69. The highest BCUT2D eigenvalue weighted by molar-refractivity contribution is 6.30. The summed E-state index contributed by atoms with van der Waals surface area (Å²) in [6, 6.07) is 7.32. The number of amides is 1. The van der Waals surface area contributed by atoms with E-state index in [1.54, 1.807) is 16.8 Å². The minimum absolute atomic E-state index is 0.0412. The van der Waals surface area contributed by atoms with E-state index in [2.05, 4.69) is 10.4 Å². The fraction of sp³-hybridized carbons (Fsp3) is 0.389. The van der Waals surface area contributed by atoms with Gasteiger partial charge in [0, 0.05) is 22.3 Å². The van der Waals surface area contributed by atoms with Crippen LogP contribution in [0.25, 0.3) is 5.69 Å². The van der Waals surface area contributed by atoms with Gasteiger partial charge in [0.25, 0.3) is 0 Å². The smallest absolute Gasteiger partial charge is 0.306 e. The molecule has 1 aromatic heterocycles. The van der Waals surface area contributed by atoms with Gasteiger partial charge in [-0.25, -0.2) is 4.68 Å². The van der Waals surface area contributed by atoms with Crippen molar-refractivity contribution < 1.29 is 14.7 Å². The molecule has 1 saturated carbocycles. The number of nitrogens with one attached hydrogen (secondary N) is 1. The molecule has 3 rings (SSSR count). The van der Waals surface area contributed by atoms with E-state index in [9.17, 15) is 9.59 Å². The standard InChI is InChI=1S/C18H20ClN3O3/c1-10-16(9-17(23)20-14-7-12(8-14)18(24)25)11(2)22(21-10)15-5-3-13(19)4-6-15/h3-6,12,14H,7-9H2,1-2H3,(H,20,23)(H,24,25). The van der Waals surface area contributed by atoms with Crippen LogP contribution in [0.4, 0.5) is 0 Å². The Kier molecular flexibility index (Phi) is 4.81. The van der Waals surface area contributed by atoms with Crippen LogP contribution in [0.15, 0.2) is 24.3 Å². The summed E-state index contributed by atoms with van der Waals surface area (Å²) in [6.45, 7) is 3.81. The number of benzene rings is 1. The summed E-state index contributed by atoms with van der Waals surface area (Å²) < 4.78 is 1.80. The van der Waals surface area contributed by atoms with Crippen molar-refractivity contribution in [3.63, 3.8) is 0 Å². The molecular formula is C18H20ClN3O3. The predicted octanol–water partition coefficient (Wildman–Crippen LogP) is 2.66. The van der Waals surface area contributed by atoms with Gasteiger partial charge >= 0.3 is 5.97 Å². The first-order chi connectivity index (χ1) is 11.8. The Labute approximate surface area is 150 Å². The minimum Gasteiger partial charge on any atom is -0.481 e. The monoisotopic (exact) mass is 361 g/mol. The normalized spacial score (nSPS) is 19.3. The van der Waals surface area contributed by atoms with E-state index in [1.165, 1.54) is 0 Å². The Hall–Kier alpha value is -2.34. The summed E-state index contributed by atoms with van der Waals surface area (Å²) in [6.07, 6.45) is 1.24. The maximum Gasteiger partial charge on any atom is 0.306 e. The van der Waals surface area contributed by atoms with Crippen molar-refractivity contribution in [1.82, 2.24) is 15.1 Å². The number of hydrogen-bond donors (Lipinski definition) is 2. The average molecular weight is 362 g/mol. The second kappa shape index (κ2) is 6.88. The number of nitrogens with zero attached hydrogens (tertiary/aromatic N) is 2. The Morgan fingerprint density at radius 2 is 1.92 bits per heavy atom.